The van der Waals surface area contributed by atoms with Crippen molar-refractivity contribution >= 4 is 23.2 Å². The Bertz CT molecular complexity index is 998. The molecule has 1 atom stereocenters. The van der Waals surface area contributed by atoms with E-state index < -0.39 is 9.85 Å². The van der Waals surface area contributed by atoms with Crippen LogP contribution >= 0.6 is 23.2 Å². The highest BCUT2D eigenvalue weighted by atomic mass is 35.5. The molecule has 0 aliphatic heterocycles. The second-order valence-corrected chi connectivity index (χ2v) is 8.24. The lowest BCUT2D eigenvalue weighted by atomic mass is 10.00. The van der Waals surface area contributed by atoms with E-state index in [0.29, 0.717) is 41.2 Å². The Hall–Kier alpha value is -3.24. The highest BCUT2D eigenvalue weighted by Crippen LogP contribution is 2.22. The van der Waals surface area contributed by atoms with Gasteiger partial charge in [-0.3, -0.25) is 20.2 Å². The fraction of sp³-hybridized carbons (Fsp3) is 0.391. The van der Waals surface area contributed by atoms with Crippen LogP contribution in [0.4, 0.5) is 0 Å². The molecular formula is C23H30Cl2N6O4. The summed E-state index contributed by atoms with van der Waals surface area (Å²) in [6.07, 6.45) is 7.51. The van der Waals surface area contributed by atoms with Crippen molar-refractivity contribution in [3.63, 3.8) is 0 Å². The molecule has 0 aliphatic carbocycles. The number of hydrogen-bond acceptors (Lipinski definition) is 8. The molecule has 0 aromatic carbocycles. The minimum absolute atomic E-state index is 0.119. The van der Waals surface area contributed by atoms with Crippen molar-refractivity contribution in [3.05, 3.63) is 102 Å². The van der Waals surface area contributed by atoms with Crippen molar-refractivity contribution in [2.24, 2.45) is 0 Å². The van der Waals surface area contributed by atoms with Crippen LogP contribution in [0.3, 0.4) is 0 Å². The Morgan fingerprint density at radius 3 is 2.00 bits per heavy atom. The molecule has 0 aliphatic rings. The number of allylic oxidation sites excluding steroid dienone is 2. The first-order chi connectivity index (χ1) is 16.7. The Morgan fingerprint density at radius 1 is 0.943 bits per heavy atom. The fourth-order valence-corrected chi connectivity index (χ4v) is 3.04. The van der Waals surface area contributed by atoms with Gasteiger partial charge in [0.1, 0.15) is 10.3 Å². The molecule has 0 saturated carbocycles. The van der Waals surface area contributed by atoms with E-state index in [-0.39, 0.29) is 5.92 Å². The third-order valence-electron chi connectivity index (χ3n) is 4.59. The summed E-state index contributed by atoms with van der Waals surface area (Å²) in [7, 11) is 0. The third kappa shape index (κ3) is 12.7. The van der Waals surface area contributed by atoms with Crippen LogP contribution in [0.25, 0.3) is 0 Å². The van der Waals surface area contributed by atoms with E-state index in [1.165, 1.54) is 0 Å². The normalized spacial score (nSPS) is 12.3. The van der Waals surface area contributed by atoms with E-state index >= 15 is 0 Å². The molecule has 0 saturated heterocycles. The van der Waals surface area contributed by atoms with Crippen molar-refractivity contribution in [3.8, 4) is 0 Å². The van der Waals surface area contributed by atoms with Crippen LogP contribution in [0.1, 0.15) is 50.7 Å². The molecule has 0 bridgehead atoms. The van der Waals surface area contributed by atoms with Crippen LogP contribution in [0.2, 0.25) is 10.3 Å². The topological polar surface area (TPSA) is 136 Å². The zero-order chi connectivity index (χ0) is 26.2. The first kappa shape index (κ1) is 29.8. The predicted molar refractivity (Wildman–Crippen MR) is 137 cm³/mol. The molecule has 2 N–H and O–H groups in total. The quantitative estimate of drug-likeness (QED) is 0.215. The van der Waals surface area contributed by atoms with E-state index in [2.05, 4.69) is 20.6 Å². The Labute approximate surface area is 214 Å². The number of halogens is 2. The van der Waals surface area contributed by atoms with Crippen LogP contribution in [0, 0.1) is 20.2 Å². The van der Waals surface area contributed by atoms with Crippen LogP contribution < -0.4 is 10.6 Å². The maximum atomic E-state index is 10.6. The number of nitrogens with zero attached hydrogens (tertiary/aromatic N) is 4. The smallest absolute Gasteiger partial charge is 0.253 e. The van der Waals surface area contributed by atoms with Crippen molar-refractivity contribution in [1.82, 2.24) is 20.6 Å². The summed E-state index contributed by atoms with van der Waals surface area (Å²) in [5.41, 5.74) is 2.91. The molecule has 2 aromatic rings. The molecule has 35 heavy (non-hydrogen) atoms. The van der Waals surface area contributed by atoms with Gasteiger partial charge >= 0.3 is 0 Å². The van der Waals surface area contributed by atoms with Gasteiger partial charge in [-0.2, -0.15) is 0 Å². The molecule has 0 amide bonds. The average molecular weight is 525 g/mol. The van der Waals surface area contributed by atoms with Gasteiger partial charge in [0.2, 0.25) is 0 Å². The van der Waals surface area contributed by atoms with E-state index in [4.69, 9.17) is 23.2 Å². The molecular weight excluding hydrogens is 495 g/mol. The Balaban J connectivity index is 0.000000351. The molecule has 0 radical (unpaired) electrons. The number of nitro groups is 2. The lowest BCUT2D eigenvalue weighted by molar-refractivity contribution is -0.404. The Kier molecular flexibility index (Phi) is 14.0. The van der Waals surface area contributed by atoms with Crippen molar-refractivity contribution in [1.29, 1.82) is 0 Å². The van der Waals surface area contributed by atoms with Gasteiger partial charge in [0.15, 0.2) is 0 Å². The number of pyridine rings is 2. The SMILES string of the molecule is CCCN/C(=C\[N+](=O)[O-])C(C)c1ccc(Cl)nc1.CCCN/C(=C\[N+](=O)[O-])Cc1ccc(Cl)nc1. The highest BCUT2D eigenvalue weighted by molar-refractivity contribution is 6.29. The van der Waals surface area contributed by atoms with Gasteiger partial charge in [-0.25, -0.2) is 9.97 Å². The summed E-state index contributed by atoms with van der Waals surface area (Å²) in [5.74, 6) is -0.119. The zero-order valence-corrected chi connectivity index (χ0v) is 21.4. The van der Waals surface area contributed by atoms with Gasteiger partial charge in [0.05, 0.1) is 21.2 Å². The summed E-state index contributed by atoms with van der Waals surface area (Å²) in [4.78, 5) is 28.1. The maximum absolute atomic E-state index is 10.6. The van der Waals surface area contributed by atoms with Gasteiger partial charge in [-0.15, -0.1) is 0 Å². The largest absolute Gasteiger partial charge is 0.383 e. The van der Waals surface area contributed by atoms with Gasteiger partial charge in [-0.1, -0.05) is 56.1 Å². The highest BCUT2D eigenvalue weighted by Gasteiger charge is 2.15. The first-order valence-electron chi connectivity index (χ1n) is 11.0. The summed E-state index contributed by atoms with van der Waals surface area (Å²) in [6, 6.07) is 6.97. The molecule has 12 heteroatoms. The second kappa shape index (κ2) is 16.4. The van der Waals surface area contributed by atoms with Crippen LogP contribution in [0.15, 0.2) is 60.5 Å². The predicted octanol–water partition coefficient (Wildman–Crippen LogP) is 5.35. The van der Waals surface area contributed by atoms with Crippen molar-refractivity contribution in [2.45, 2.75) is 46.0 Å². The van der Waals surface area contributed by atoms with Gasteiger partial charge in [0.25, 0.3) is 12.4 Å². The monoisotopic (exact) mass is 524 g/mol. The molecule has 2 rings (SSSR count). The number of hydrogen-bond donors (Lipinski definition) is 2. The Morgan fingerprint density at radius 2 is 1.51 bits per heavy atom. The molecule has 1 unspecified atom stereocenters. The van der Waals surface area contributed by atoms with Crippen LogP contribution in [-0.2, 0) is 6.42 Å². The standard InChI is InChI=1S/C12H16ClN3O2.C11H14ClN3O2/c1-3-6-14-11(8-16(17)18)9(2)10-4-5-12(13)15-7-10;1-2-5-13-10(8-15(16)17)6-9-3-4-11(12)14-7-9/h4-5,7-9,14H,3,6H2,1-2H3;3-4,7-8,13H,2,5-6H2,1H3/b11-8-;10-8-. The van der Waals surface area contributed by atoms with Gasteiger partial charge in [0, 0.05) is 37.8 Å². The first-order valence-corrected chi connectivity index (χ1v) is 11.8. The lowest BCUT2D eigenvalue weighted by Crippen LogP contribution is -2.20. The lowest BCUT2D eigenvalue weighted by Gasteiger charge is -2.15. The molecule has 2 heterocycles. The zero-order valence-electron chi connectivity index (χ0n) is 19.9. The van der Waals surface area contributed by atoms with Crippen LogP contribution in [0.5, 0.6) is 0 Å². The summed E-state index contributed by atoms with van der Waals surface area (Å²) < 4.78 is 0. The van der Waals surface area contributed by atoms with Gasteiger partial charge in [-0.05, 0) is 36.1 Å². The molecule has 190 valence electrons. The fourth-order valence-electron chi connectivity index (χ4n) is 2.81. The molecule has 0 spiro atoms. The minimum atomic E-state index is -0.457. The summed E-state index contributed by atoms with van der Waals surface area (Å²) in [6.45, 7) is 7.31. The maximum Gasteiger partial charge on any atom is 0.253 e. The van der Waals surface area contributed by atoms with E-state index in [0.717, 1.165) is 36.4 Å². The van der Waals surface area contributed by atoms with E-state index in [1.54, 1.807) is 30.6 Å². The number of rotatable bonds is 12. The van der Waals surface area contributed by atoms with E-state index in [1.807, 2.05) is 26.8 Å². The molecule has 10 nitrogen and oxygen atoms in total. The third-order valence-corrected chi connectivity index (χ3v) is 5.03. The molecule has 2 aromatic heterocycles. The van der Waals surface area contributed by atoms with Gasteiger partial charge < -0.3 is 10.6 Å². The van der Waals surface area contributed by atoms with Crippen molar-refractivity contribution < 1.29 is 9.85 Å². The number of nitrogens with one attached hydrogen (secondary N) is 2. The minimum Gasteiger partial charge on any atom is -0.383 e. The second-order valence-electron chi connectivity index (χ2n) is 7.46. The van der Waals surface area contributed by atoms with Crippen molar-refractivity contribution in [2.75, 3.05) is 13.1 Å². The average Bonchev–Trinajstić information content (AvgIpc) is 2.81. The van der Waals surface area contributed by atoms with Crippen LogP contribution in [-0.4, -0.2) is 32.9 Å². The summed E-state index contributed by atoms with van der Waals surface area (Å²) >= 11 is 11.4. The van der Waals surface area contributed by atoms with E-state index in [9.17, 15) is 20.2 Å². The number of aromatic nitrogens is 2. The molecule has 0 fully saturated rings. The summed E-state index contributed by atoms with van der Waals surface area (Å²) in [5, 5.41) is 28.0.